The molecule has 0 aliphatic carbocycles. The molecule has 0 bridgehead atoms. The van der Waals surface area contributed by atoms with Gasteiger partial charge in [0, 0.05) is 5.38 Å². The summed E-state index contributed by atoms with van der Waals surface area (Å²) in [7, 11) is 0. The zero-order valence-electron chi connectivity index (χ0n) is 12.0. The third-order valence-corrected chi connectivity index (χ3v) is 3.48. The average Bonchev–Trinajstić information content (AvgIpc) is 2.09. The highest BCUT2D eigenvalue weighted by Gasteiger charge is 2.22. The first-order valence-electron chi connectivity index (χ1n) is 6.42. The minimum Gasteiger partial charge on any atom is -0.123 e. The monoisotopic (exact) mass is 252 g/mol. The van der Waals surface area contributed by atoms with Gasteiger partial charge in [0.1, 0.15) is 0 Å². The molecule has 0 fully saturated rings. The van der Waals surface area contributed by atoms with Crippen LogP contribution in [0.5, 0.6) is 0 Å². The Kier molecular flexibility index (Phi) is 4.66. The summed E-state index contributed by atoms with van der Waals surface area (Å²) in [5.41, 5.74) is 5.95. The molecular weight excluding hydrogens is 228 g/mol. The van der Waals surface area contributed by atoms with E-state index >= 15 is 0 Å². The summed E-state index contributed by atoms with van der Waals surface area (Å²) in [4.78, 5) is 0. The van der Waals surface area contributed by atoms with Gasteiger partial charge in [0.2, 0.25) is 0 Å². The van der Waals surface area contributed by atoms with Crippen molar-refractivity contribution in [1.29, 1.82) is 0 Å². The van der Waals surface area contributed by atoms with Crippen LogP contribution in [0.15, 0.2) is 12.1 Å². The maximum Gasteiger partial charge on any atom is 0.0313 e. The number of hydrogen-bond donors (Lipinski definition) is 0. The van der Waals surface area contributed by atoms with Crippen LogP contribution in [0.1, 0.15) is 49.4 Å². The van der Waals surface area contributed by atoms with Crippen molar-refractivity contribution in [2.45, 2.75) is 59.8 Å². The molecule has 1 rings (SSSR count). The van der Waals surface area contributed by atoms with E-state index in [1.807, 2.05) is 0 Å². The van der Waals surface area contributed by atoms with Gasteiger partial charge in [0.25, 0.3) is 0 Å². The standard InChI is InChI=1S/C16H25Cl/c1-11-7-12(2)15(13(3)8-11)10-16(5,6)9-14(4)17/h7-8,14H,9-10H2,1-6H3. The van der Waals surface area contributed by atoms with E-state index in [1.54, 1.807) is 0 Å². The Balaban J connectivity index is 2.95. The topological polar surface area (TPSA) is 0 Å². The van der Waals surface area contributed by atoms with E-state index in [9.17, 15) is 0 Å². The van der Waals surface area contributed by atoms with E-state index in [0.29, 0.717) is 0 Å². The lowest BCUT2D eigenvalue weighted by molar-refractivity contribution is 0.330. The van der Waals surface area contributed by atoms with E-state index in [2.05, 4.69) is 53.7 Å². The lowest BCUT2D eigenvalue weighted by Crippen LogP contribution is -2.20. The van der Waals surface area contributed by atoms with Crippen LogP contribution in [0, 0.1) is 26.2 Å². The minimum atomic E-state index is 0.246. The number of hydrogen-bond acceptors (Lipinski definition) is 0. The van der Waals surface area contributed by atoms with Gasteiger partial charge in [-0.05, 0) is 62.6 Å². The number of rotatable bonds is 4. The molecule has 1 aromatic carbocycles. The smallest absolute Gasteiger partial charge is 0.0313 e. The summed E-state index contributed by atoms with van der Waals surface area (Å²) in [6, 6.07) is 4.56. The zero-order valence-corrected chi connectivity index (χ0v) is 12.8. The Morgan fingerprint density at radius 2 is 1.59 bits per heavy atom. The van der Waals surface area contributed by atoms with Crippen molar-refractivity contribution in [3.63, 3.8) is 0 Å². The number of aryl methyl sites for hydroxylation is 3. The van der Waals surface area contributed by atoms with Crippen molar-refractivity contribution >= 4 is 11.6 Å². The fourth-order valence-corrected chi connectivity index (χ4v) is 3.22. The number of halogens is 1. The molecule has 0 N–H and O–H groups in total. The van der Waals surface area contributed by atoms with Gasteiger partial charge < -0.3 is 0 Å². The Morgan fingerprint density at radius 3 is 2.00 bits per heavy atom. The van der Waals surface area contributed by atoms with Crippen LogP contribution in [-0.2, 0) is 6.42 Å². The van der Waals surface area contributed by atoms with Crippen molar-refractivity contribution in [2.75, 3.05) is 0 Å². The maximum absolute atomic E-state index is 6.13. The molecule has 0 saturated heterocycles. The van der Waals surface area contributed by atoms with Gasteiger partial charge >= 0.3 is 0 Å². The molecule has 0 aromatic heterocycles. The molecule has 96 valence electrons. The fourth-order valence-electron chi connectivity index (χ4n) is 2.80. The molecule has 0 heterocycles. The van der Waals surface area contributed by atoms with Crippen molar-refractivity contribution < 1.29 is 0 Å². The van der Waals surface area contributed by atoms with Gasteiger partial charge in [-0.15, -0.1) is 11.6 Å². The van der Waals surface area contributed by atoms with Crippen LogP contribution in [0.2, 0.25) is 0 Å². The van der Waals surface area contributed by atoms with Gasteiger partial charge in [0.15, 0.2) is 0 Å². The van der Waals surface area contributed by atoms with Crippen LogP contribution >= 0.6 is 11.6 Å². The highest BCUT2D eigenvalue weighted by Crippen LogP contribution is 2.32. The van der Waals surface area contributed by atoms with Gasteiger partial charge in [-0.1, -0.05) is 31.5 Å². The second-order valence-corrected chi connectivity index (χ2v) is 6.95. The summed E-state index contributed by atoms with van der Waals surface area (Å²) in [5.74, 6) is 0. The normalized spacial score (nSPS) is 13.8. The van der Waals surface area contributed by atoms with Crippen LogP contribution in [0.25, 0.3) is 0 Å². The van der Waals surface area contributed by atoms with Crippen LogP contribution in [-0.4, -0.2) is 5.38 Å². The lowest BCUT2D eigenvalue weighted by atomic mass is 9.79. The number of alkyl halides is 1. The highest BCUT2D eigenvalue weighted by atomic mass is 35.5. The Morgan fingerprint density at radius 1 is 1.12 bits per heavy atom. The molecule has 1 unspecified atom stereocenters. The number of benzene rings is 1. The Bertz CT molecular complexity index is 366. The van der Waals surface area contributed by atoms with Crippen LogP contribution in [0.4, 0.5) is 0 Å². The van der Waals surface area contributed by atoms with Gasteiger partial charge in [-0.3, -0.25) is 0 Å². The summed E-state index contributed by atoms with van der Waals surface area (Å²) < 4.78 is 0. The Labute approximate surface area is 111 Å². The lowest BCUT2D eigenvalue weighted by Gasteiger charge is -2.28. The van der Waals surface area contributed by atoms with Crippen LogP contribution in [0.3, 0.4) is 0 Å². The molecule has 1 heteroatoms. The molecule has 0 spiro atoms. The predicted octanol–water partition coefficient (Wildman–Crippen LogP) is 5.20. The molecule has 0 nitrogen and oxygen atoms in total. The van der Waals surface area contributed by atoms with Crippen LogP contribution < -0.4 is 0 Å². The van der Waals surface area contributed by atoms with Crippen molar-refractivity contribution in [3.05, 3.63) is 34.4 Å². The fraction of sp³-hybridized carbons (Fsp3) is 0.625. The second kappa shape index (κ2) is 5.44. The molecule has 1 atom stereocenters. The molecule has 0 aliphatic heterocycles. The van der Waals surface area contributed by atoms with E-state index in [4.69, 9.17) is 11.6 Å². The first kappa shape index (κ1) is 14.6. The Hall–Kier alpha value is -0.490. The van der Waals surface area contributed by atoms with E-state index in [0.717, 1.165) is 12.8 Å². The first-order valence-corrected chi connectivity index (χ1v) is 6.86. The largest absolute Gasteiger partial charge is 0.123 e. The van der Waals surface area contributed by atoms with E-state index < -0.39 is 0 Å². The molecule has 0 amide bonds. The SMILES string of the molecule is Cc1cc(C)c(CC(C)(C)CC(C)Cl)c(C)c1. The third kappa shape index (κ3) is 4.35. The van der Waals surface area contributed by atoms with Crippen molar-refractivity contribution in [2.24, 2.45) is 5.41 Å². The summed E-state index contributed by atoms with van der Waals surface area (Å²) in [6.45, 7) is 13.3. The molecule has 17 heavy (non-hydrogen) atoms. The summed E-state index contributed by atoms with van der Waals surface area (Å²) in [6.07, 6.45) is 2.17. The van der Waals surface area contributed by atoms with Gasteiger partial charge in [-0.25, -0.2) is 0 Å². The quantitative estimate of drug-likeness (QED) is 0.647. The predicted molar refractivity (Wildman–Crippen MR) is 78.1 cm³/mol. The van der Waals surface area contributed by atoms with Gasteiger partial charge in [-0.2, -0.15) is 0 Å². The molecular formula is C16H25Cl. The van der Waals surface area contributed by atoms with Gasteiger partial charge in [0.05, 0.1) is 0 Å². The molecule has 0 aliphatic rings. The van der Waals surface area contributed by atoms with Crippen molar-refractivity contribution in [1.82, 2.24) is 0 Å². The summed E-state index contributed by atoms with van der Waals surface area (Å²) in [5, 5.41) is 0.246. The minimum absolute atomic E-state index is 0.246. The molecule has 0 saturated carbocycles. The van der Waals surface area contributed by atoms with E-state index in [1.165, 1.54) is 22.3 Å². The molecule has 0 radical (unpaired) electrons. The highest BCUT2D eigenvalue weighted by molar-refractivity contribution is 6.20. The van der Waals surface area contributed by atoms with Crippen molar-refractivity contribution in [3.8, 4) is 0 Å². The summed E-state index contributed by atoms with van der Waals surface area (Å²) >= 11 is 6.13. The van der Waals surface area contributed by atoms with E-state index in [-0.39, 0.29) is 10.8 Å². The molecule has 1 aromatic rings. The second-order valence-electron chi connectivity index (χ2n) is 6.20. The first-order chi connectivity index (χ1) is 7.71. The maximum atomic E-state index is 6.13. The zero-order chi connectivity index (χ0) is 13.2. The average molecular weight is 253 g/mol. The third-order valence-electron chi connectivity index (χ3n) is 3.33.